The van der Waals surface area contributed by atoms with Crippen LogP contribution in [0.4, 0.5) is 0 Å². The van der Waals surface area contributed by atoms with Crippen molar-refractivity contribution < 1.29 is 4.79 Å². The molecule has 1 saturated heterocycles. The van der Waals surface area contributed by atoms with Gasteiger partial charge in [-0.15, -0.1) is 0 Å². The quantitative estimate of drug-likeness (QED) is 0.732. The lowest BCUT2D eigenvalue weighted by molar-refractivity contribution is -0.122. The molecule has 0 radical (unpaired) electrons. The second-order valence-corrected chi connectivity index (χ2v) is 8.89. The van der Waals surface area contributed by atoms with Crippen molar-refractivity contribution >= 4 is 21.8 Å². The Kier molecular flexibility index (Phi) is 5.94. The van der Waals surface area contributed by atoms with E-state index in [0.29, 0.717) is 11.8 Å². The van der Waals surface area contributed by atoms with Crippen LogP contribution in [0.3, 0.4) is 0 Å². The van der Waals surface area contributed by atoms with Crippen LogP contribution in [-0.2, 0) is 11.3 Å². The summed E-state index contributed by atoms with van der Waals surface area (Å²) in [5.41, 5.74) is 2.65. The van der Waals surface area contributed by atoms with Gasteiger partial charge in [-0.2, -0.15) is 0 Å². The van der Waals surface area contributed by atoms with Crippen molar-refractivity contribution in [2.45, 2.75) is 31.7 Å². The number of likely N-dealkylation sites (tertiary alicyclic amines) is 1. The Morgan fingerprint density at radius 1 is 1.15 bits per heavy atom. The molecule has 1 aliphatic carbocycles. The summed E-state index contributed by atoms with van der Waals surface area (Å²) in [6.07, 6.45) is 3.41. The summed E-state index contributed by atoms with van der Waals surface area (Å²) in [7, 11) is 0. The van der Waals surface area contributed by atoms with Crippen molar-refractivity contribution in [3.63, 3.8) is 0 Å². The molecule has 1 saturated carbocycles. The van der Waals surface area contributed by atoms with Crippen LogP contribution in [0.1, 0.15) is 36.3 Å². The Morgan fingerprint density at radius 3 is 2.81 bits per heavy atom. The minimum atomic E-state index is 0.156. The lowest BCUT2D eigenvalue weighted by Crippen LogP contribution is -2.41. The van der Waals surface area contributed by atoms with Gasteiger partial charge in [0.1, 0.15) is 0 Å². The van der Waals surface area contributed by atoms with Gasteiger partial charge in [-0.1, -0.05) is 58.4 Å². The Morgan fingerprint density at radius 2 is 2.00 bits per heavy atom. The number of nitrogens with one attached hydrogen (secondary N) is 1. The number of benzene rings is 2. The molecule has 2 aromatic carbocycles. The first kappa shape index (κ1) is 18.7. The van der Waals surface area contributed by atoms with Crippen molar-refractivity contribution in [3.8, 4) is 0 Å². The molecule has 3 atom stereocenters. The van der Waals surface area contributed by atoms with Crippen molar-refractivity contribution in [3.05, 3.63) is 70.2 Å². The summed E-state index contributed by atoms with van der Waals surface area (Å²) >= 11 is 3.52. The normalized spacial score (nSPS) is 25.1. The molecule has 0 spiro atoms. The van der Waals surface area contributed by atoms with Crippen molar-refractivity contribution in [1.29, 1.82) is 0 Å². The molecule has 2 fully saturated rings. The largest absolute Gasteiger partial charge is 0.356 e. The summed E-state index contributed by atoms with van der Waals surface area (Å²) in [4.78, 5) is 15.1. The fourth-order valence-corrected chi connectivity index (χ4v) is 4.69. The molecule has 1 N–H and O–H groups in total. The molecule has 1 amide bonds. The van der Waals surface area contributed by atoms with E-state index in [9.17, 15) is 4.79 Å². The number of halogens is 1. The van der Waals surface area contributed by atoms with E-state index in [2.05, 4.69) is 74.7 Å². The van der Waals surface area contributed by atoms with Crippen LogP contribution in [0.25, 0.3) is 0 Å². The average Bonchev–Trinajstić information content (AvgIpc) is 3.48. The number of rotatable bonds is 6. The fraction of sp³-hybridized carbons (Fsp3) is 0.435. The van der Waals surface area contributed by atoms with Crippen LogP contribution < -0.4 is 5.32 Å². The maximum absolute atomic E-state index is 12.6. The molecular weight excluding hydrogens is 400 g/mol. The minimum absolute atomic E-state index is 0.156. The SMILES string of the molecule is O=C(NCC1CCCN(Cc2ccccc2)C1)C1CC1c1cccc(Br)c1. The number of piperidine rings is 1. The van der Waals surface area contributed by atoms with Gasteiger partial charge in [0.05, 0.1) is 0 Å². The first-order valence-electron chi connectivity index (χ1n) is 9.98. The van der Waals surface area contributed by atoms with Gasteiger partial charge in [0, 0.05) is 30.0 Å². The number of amides is 1. The second kappa shape index (κ2) is 8.57. The third-order valence-corrected chi connectivity index (χ3v) is 6.31. The monoisotopic (exact) mass is 426 g/mol. The van der Waals surface area contributed by atoms with E-state index >= 15 is 0 Å². The second-order valence-electron chi connectivity index (χ2n) is 7.98. The number of nitrogens with zero attached hydrogens (tertiary/aromatic N) is 1. The zero-order valence-corrected chi connectivity index (χ0v) is 17.2. The molecule has 3 unspecified atom stereocenters. The van der Waals surface area contributed by atoms with E-state index in [4.69, 9.17) is 0 Å². The Bertz CT molecular complexity index is 779. The Balaban J connectivity index is 1.23. The summed E-state index contributed by atoms with van der Waals surface area (Å²) in [6.45, 7) is 4.06. The van der Waals surface area contributed by atoms with Crippen LogP contribution in [0.5, 0.6) is 0 Å². The highest BCUT2D eigenvalue weighted by atomic mass is 79.9. The molecule has 1 heterocycles. The van der Waals surface area contributed by atoms with Crippen LogP contribution in [-0.4, -0.2) is 30.4 Å². The van der Waals surface area contributed by atoms with Gasteiger partial charge < -0.3 is 5.32 Å². The summed E-state index contributed by atoms with van der Waals surface area (Å²) in [6, 6.07) is 19.0. The van der Waals surface area contributed by atoms with Crippen molar-refractivity contribution in [2.24, 2.45) is 11.8 Å². The third kappa shape index (κ3) is 4.99. The van der Waals surface area contributed by atoms with E-state index in [-0.39, 0.29) is 11.8 Å². The maximum Gasteiger partial charge on any atom is 0.223 e. The standard InChI is InChI=1S/C23H27BrN2O/c24-20-10-4-9-19(12-20)21-13-22(21)23(27)25-14-18-8-5-11-26(16-18)15-17-6-2-1-3-7-17/h1-4,6-7,9-10,12,18,21-22H,5,8,11,13-16H2,(H,25,27). The zero-order chi connectivity index (χ0) is 18.6. The van der Waals surface area contributed by atoms with Gasteiger partial charge in [0.15, 0.2) is 0 Å². The van der Waals surface area contributed by atoms with E-state index in [1.165, 1.54) is 24.0 Å². The lowest BCUT2D eigenvalue weighted by Gasteiger charge is -2.32. The molecule has 0 bridgehead atoms. The number of carbonyl (C=O) groups is 1. The number of hydrogen-bond acceptors (Lipinski definition) is 2. The molecule has 0 aromatic heterocycles. The fourth-order valence-electron chi connectivity index (χ4n) is 4.27. The number of hydrogen-bond donors (Lipinski definition) is 1. The lowest BCUT2D eigenvalue weighted by atomic mass is 9.97. The predicted molar refractivity (Wildman–Crippen MR) is 112 cm³/mol. The summed E-state index contributed by atoms with van der Waals surface area (Å²) < 4.78 is 1.09. The predicted octanol–water partition coefficient (Wildman–Crippen LogP) is 4.58. The van der Waals surface area contributed by atoms with E-state index < -0.39 is 0 Å². The van der Waals surface area contributed by atoms with E-state index in [1.54, 1.807) is 0 Å². The van der Waals surface area contributed by atoms with Gasteiger partial charge >= 0.3 is 0 Å². The summed E-state index contributed by atoms with van der Waals surface area (Å²) in [5.74, 6) is 1.35. The van der Waals surface area contributed by atoms with E-state index in [1.807, 2.05) is 6.07 Å². The molecular formula is C23H27BrN2O. The van der Waals surface area contributed by atoms with Crippen molar-refractivity contribution in [2.75, 3.05) is 19.6 Å². The summed E-state index contributed by atoms with van der Waals surface area (Å²) in [5, 5.41) is 3.24. The van der Waals surface area contributed by atoms with Gasteiger partial charge in [0.2, 0.25) is 5.91 Å². The molecule has 4 heteroatoms. The van der Waals surface area contributed by atoms with Crippen LogP contribution in [0, 0.1) is 11.8 Å². The van der Waals surface area contributed by atoms with Gasteiger partial charge in [-0.05, 0) is 60.9 Å². The molecule has 2 aliphatic rings. The average molecular weight is 427 g/mol. The Hall–Kier alpha value is -1.65. The van der Waals surface area contributed by atoms with E-state index in [0.717, 1.165) is 37.1 Å². The first-order chi connectivity index (χ1) is 13.2. The molecule has 27 heavy (non-hydrogen) atoms. The minimum Gasteiger partial charge on any atom is -0.356 e. The topological polar surface area (TPSA) is 32.3 Å². The van der Waals surface area contributed by atoms with Crippen LogP contribution in [0.2, 0.25) is 0 Å². The highest BCUT2D eigenvalue weighted by molar-refractivity contribution is 9.10. The molecule has 1 aliphatic heterocycles. The van der Waals surface area contributed by atoms with Gasteiger partial charge in [-0.3, -0.25) is 9.69 Å². The first-order valence-corrected chi connectivity index (χ1v) is 10.8. The highest BCUT2D eigenvalue weighted by Gasteiger charge is 2.43. The molecule has 3 nitrogen and oxygen atoms in total. The molecule has 142 valence electrons. The number of carbonyl (C=O) groups excluding carboxylic acids is 1. The zero-order valence-electron chi connectivity index (χ0n) is 15.6. The molecule has 4 rings (SSSR count). The van der Waals surface area contributed by atoms with Gasteiger partial charge in [0.25, 0.3) is 0 Å². The maximum atomic E-state index is 12.6. The smallest absolute Gasteiger partial charge is 0.223 e. The molecule has 2 aromatic rings. The van der Waals surface area contributed by atoms with Crippen LogP contribution in [0.15, 0.2) is 59.1 Å². The van der Waals surface area contributed by atoms with Crippen molar-refractivity contribution in [1.82, 2.24) is 10.2 Å². The highest BCUT2D eigenvalue weighted by Crippen LogP contribution is 2.47. The van der Waals surface area contributed by atoms with Gasteiger partial charge in [-0.25, -0.2) is 0 Å². The van der Waals surface area contributed by atoms with Crippen LogP contribution >= 0.6 is 15.9 Å². The third-order valence-electron chi connectivity index (χ3n) is 5.82. The Labute approximate surface area is 170 Å².